The van der Waals surface area contributed by atoms with Crippen LogP contribution < -0.4 is 10.1 Å². The van der Waals surface area contributed by atoms with Crippen molar-refractivity contribution in [3.63, 3.8) is 0 Å². The Bertz CT molecular complexity index is 908. The maximum atomic E-state index is 13.0. The van der Waals surface area contributed by atoms with Crippen LogP contribution in [-0.4, -0.2) is 51.5 Å². The van der Waals surface area contributed by atoms with E-state index in [1.807, 2.05) is 24.3 Å². The molecule has 0 unspecified atom stereocenters. The van der Waals surface area contributed by atoms with Crippen molar-refractivity contribution in [1.29, 1.82) is 0 Å². The second-order valence-electron chi connectivity index (χ2n) is 9.22. The number of ether oxygens (including phenoxy) is 1. The molecular weight excluding hydrogens is 434 g/mol. The number of hydrogen-bond donors (Lipinski definition) is 1. The zero-order valence-corrected chi connectivity index (χ0v) is 20.8. The quantitative estimate of drug-likeness (QED) is 0.432. The SMILES string of the molecule is CCCN(CC1CC1)C(=O)CSc1nnc(CNc2cccc(OC)c2)n1C1CCCCC1. The number of benzene rings is 1. The summed E-state index contributed by atoms with van der Waals surface area (Å²) in [4.78, 5) is 15.0. The summed E-state index contributed by atoms with van der Waals surface area (Å²) >= 11 is 1.55. The summed E-state index contributed by atoms with van der Waals surface area (Å²) in [6.45, 7) is 4.50. The van der Waals surface area contributed by atoms with Crippen LogP contribution in [0.4, 0.5) is 5.69 Å². The lowest BCUT2D eigenvalue weighted by Crippen LogP contribution is -2.35. The van der Waals surface area contributed by atoms with Gasteiger partial charge in [-0.05, 0) is 50.2 Å². The average Bonchev–Trinajstić information content (AvgIpc) is 3.58. The number of nitrogens with zero attached hydrogens (tertiary/aromatic N) is 4. The lowest BCUT2D eigenvalue weighted by molar-refractivity contribution is -0.128. The van der Waals surface area contributed by atoms with Crippen LogP contribution in [0, 0.1) is 5.92 Å². The summed E-state index contributed by atoms with van der Waals surface area (Å²) in [7, 11) is 1.68. The minimum absolute atomic E-state index is 0.225. The average molecular weight is 472 g/mol. The van der Waals surface area contributed by atoms with Crippen LogP contribution in [0.15, 0.2) is 29.4 Å². The zero-order valence-electron chi connectivity index (χ0n) is 20.0. The van der Waals surface area contributed by atoms with E-state index in [0.29, 0.717) is 24.3 Å². The predicted molar refractivity (Wildman–Crippen MR) is 133 cm³/mol. The van der Waals surface area contributed by atoms with Crippen LogP contribution in [-0.2, 0) is 11.3 Å². The van der Waals surface area contributed by atoms with E-state index in [9.17, 15) is 4.79 Å². The number of carbonyl (C=O) groups is 1. The molecule has 1 aromatic carbocycles. The van der Waals surface area contributed by atoms with Gasteiger partial charge in [-0.2, -0.15) is 0 Å². The molecule has 2 aliphatic carbocycles. The van der Waals surface area contributed by atoms with Crippen molar-refractivity contribution in [2.45, 2.75) is 76.0 Å². The smallest absolute Gasteiger partial charge is 0.233 e. The molecule has 0 bridgehead atoms. The van der Waals surface area contributed by atoms with E-state index in [4.69, 9.17) is 4.74 Å². The molecule has 180 valence electrons. The first-order chi connectivity index (χ1) is 16.2. The Balaban J connectivity index is 1.45. The van der Waals surface area contributed by atoms with Crippen LogP contribution >= 0.6 is 11.8 Å². The molecule has 1 N–H and O–H groups in total. The van der Waals surface area contributed by atoms with Crippen LogP contribution in [0.25, 0.3) is 0 Å². The topological polar surface area (TPSA) is 72.3 Å². The molecule has 2 saturated carbocycles. The van der Waals surface area contributed by atoms with Crippen molar-refractivity contribution >= 4 is 23.4 Å². The monoisotopic (exact) mass is 471 g/mol. The molecular formula is C25H37N5O2S. The van der Waals surface area contributed by atoms with Gasteiger partial charge in [0.25, 0.3) is 0 Å². The highest BCUT2D eigenvalue weighted by Crippen LogP contribution is 2.34. The largest absolute Gasteiger partial charge is 0.497 e. The van der Waals surface area contributed by atoms with E-state index in [-0.39, 0.29) is 5.91 Å². The summed E-state index contributed by atoms with van der Waals surface area (Å²) in [5.74, 6) is 3.13. The maximum Gasteiger partial charge on any atom is 0.233 e. The molecule has 0 saturated heterocycles. The Morgan fingerprint density at radius 1 is 1.21 bits per heavy atom. The number of anilines is 1. The molecule has 0 spiro atoms. The van der Waals surface area contributed by atoms with Gasteiger partial charge in [0.15, 0.2) is 11.0 Å². The molecule has 0 atom stereocenters. The number of thioether (sulfide) groups is 1. The van der Waals surface area contributed by atoms with Crippen molar-refractivity contribution in [3.8, 4) is 5.75 Å². The number of methoxy groups -OCH3 is 1. The minimum atomic E-state index is 0.225. The minimum Gasteiger partial charge on any atom is -0.497 e. The molecule has 1 amide bonds. The summed E-state index contributed by atoms with van der Waals surface area (Å²) < 4.78 is 7.64. The number of rotatable bonds is 12. The Hall–Kier alpha value is -2.22. The Morgan fingerprint density at radius 2 is 2.03 bits per heavy atom. The van der Waals surface area contributed by atoms with Gasteiger partial charge in [0.05, 0.1) is 19.4 Å². The Kier molecular flexibility index (Phi) is 8.53. The highest BCUT2D eigenvalue weighted by molar-refractivity contribution is 7.99. The maximum absolute atomic E-state index is 13.0. The first-order valence-corrected chi connectivity index (χ1v) is 13.4. The number of amides is 1. The van der Waals surface area contributed by atoms with E-state index in [2.05, 4.69) is 31.9 Å². The van der Waals surface area contributed by atoms with Crippen LogP contribution in [0.5, 0.6) is 5.75 Å². The fraction of sp³-hybridized carbons (Fsp3) is 0.640. The summed E-state index contributed by atoms with van der Waals surface area (Å²) in [6, 6.07) is 8.33. The van der Waals surface area contributed by atoms with Gasteiger partial charge in [-0.25, -0.2) is 0 Å². The summed E-state index contributed by atoms with van der Waals surface area (Å²) in [6.07, 6.45) is 9.59. The molecule has 1 aromatic heterocycles. The van der Waals surface area contributed by atoms with E-state index in [0.717, 1.165) is 54.8 Å². The van der Waals surface area contributed by atoms with Crippen molar-refractivity contribution in [1.82, 2.24) is 19.7 Å². The molecule has 8 heteroatoms. The first kappa shape index (κ1) is 23.9. The second-order valence-corrected chi connectivity index (χ2v) is 10.2. The normalized spacial score (nSPS) is 16.5. The number of hydrogen-bond acceptors (Lipinski definition) is 6. The second kappa shape index (κ2) is 11.8. The highest BCUT2D eigenvalue weighted by Gasteiger charge is 2.27. The van der Waals surface area contributed by atoms with Gasteiger partial charge in [-0.3, -0.25) is 4.79 Å². The third kappa shape index (κ3) is 6.65. The van der Waals surface area contributed by atoms with E-state index in [1.165, 1.54) is 32.1 Å². The van der Waals surface area contributed by atoms with Crippen LogP contribution in [0.1, 0.15) is 70.2 Å². The highest BCUT2D eigenvalue weighted by atomic mass is 32.2. The number of carbonyl (C=O) groups excluding carboxylic acids is 1. The zero-order chi connectivity index (χ0) is 23.0. The molecule has 2 fully saturated rings. The standard InChI is InChI=1S/C25H37N5O2S/c1-3-14-29(17-19-12-13-19)24(31)18-33-25-28-27-23(30(25)21-9-5-4-6-10-21)16-26-20-8-7-11-22(15-20)32-2/h7-8,11,15,19,21,26H,3-6,9-10,12-14,16-18H2,1-2H3. The van der Waals surface area contributed by atoms with Gasteiger partial charge < -0.3 is 19.5 Å². The van der Waals surface area contributed by atoms with E-state index < -0.39 is 0 Å². The van der Waals surface area contributed by atoms with Crippen molar-refractivity contribution in [2.75, 3.05) is 31.3 Å². The van der Waals surface area contributed by atoms with Crippen molar-refractivity contribution < 1.29 is 9.53 Å². The molecule has 7 nitrogen and oxygen atoms in total. The molecule has 33 heavy (non-hydrogen) atoms. The Morgan fingerprint density at radius 3 is 2.76 bits per heavy atom. The van der Waals surface area contributed by atoms with Gasteiger partial charge in [-0.15, -0.1) is 10.2 Å². The van der Waals surface area contributed by atoms with Crippen LogP contribution in [0.2, 0.25) is 0 Å². The number of aromatic nitrogens is 3. The molecule has 0 radical (unpaired) electrons. The first-order valence-electron chi connectivity index (χ1n) is 12.4. The fourth-order valence-corrected chi connectivity index (χ4v) is 5.49. The lowest BCUT2D eigenvalue weighted by Gasteiger charge is -2.26. The fourth-order valence-electron chi connectivity index (χ4n) is 4.56. The third-order valence-electron chi connectivity index (χ3n) is 6.54. The summed E-state index contributed by atoms with van der Waals surface area (Å²) in [5.41, 5.74) is 0.993. The Labute approximate surface area is 201 Å². The van der Waals surface area contributed by atoms with Crippen molar-refractivity contribution in [3.05, 3.63) is 30.1 Å². The number of nitrogens with one attached hydrogen (secondary N) is 1. The van der Waals surface area contributed by atoms with E-state index >= 15 is 0 Å². The predicted octanol–water partition coefficient (Wildman–Crippen LogP) is 5.14. The lowest BCUT2D eigenvalue weighted by atomic mass is 9.95. The van der Waals surface area contributed by atoms with Gasteiger partial charge in [0.1, 0.15) is 5.75 Å². The van der Waals surface area contributed by atoms with Gasteiger partial charge in [0.2, 0.25) is 5.91 Å². The third-order valence-corrected chi connectivity index (χ3v) is 7.47. The van der Waals surface area contributed by atoms with Gasteiger partial charge >= 0.3 is 0 Å². The molecule has 2 aliphatic rings. The van der Waals surface area contributed by atoms with E-state index in [1.54, 1.807) is 18.9 Å². The molecule has 1 heterocycles. The van der Waals surface area contributed by atoms with Gasteiger partial charge in [0, 0.05) is 30.9 Å². The summed E-state index contributed by atoms with van der Waals surface area (Å²) in [5, 5.41) is 13.4. The van der Waals surface area contributed by atoms with Crippen LogP contribution in [0.3, 0.4) is 0 Å². The van der Waals surface area contributed by atoms with Gasteiger partial charge in [-0.1, -0.05) is 44.0 Å². The molecule has 2 aromatic rings. The molecule has 0 aliphatic heterocycles. The van der Waals surface area contributed by atoms with Crippen molar-refractivity contribution in [2.24, 2.45) is 5.92 Å². The molecule has 4 rings (SSSR count).